The van der Waals surface area contributed by atoms with E-state index in [9.17, 15) is 10.2 Å². The van der Waals surface area contributed by atoms with Crippen molar-refractivity contribution in [2.75, 3.05) is 6.61 Å². The fourth-order valence-corrected chi connectivity index (χ4v) is 1.39. The Kier molecular flexibility index (Phi) is 2.87. The molecule has 11 heavy (non-hydrogen) atoms. The lowest BCUT2D eigenvalue weighted by atomic mass is 9.93. The molecule has 0 aromatic carbocycles. The molecule has 1 rings (SSSR count). The molecule has 0 aromatic rings. The summed E-state index contributed by atoms with van der Waals surface area (Å²) >= 11 is 0. The summed E-state index contributed by atoms with van der Waals surface area (Å²) in [5.74, 6) is 0.0489. The van der Waals surface area contributed by atoms with E-state index >= 15 is 0 Å². The SMILES string of the molecule is CCC1OCC(C)[C@@H](O)[C@H]1O. The molecule has 2 unspecified atom stereocenters. The van der Waals surface area contributed by atoms with Gasteiger partial charge in [0.1, 0.15) is 6.10 Å². The second-order valence-electron chi connectivity index (χ2n) is 3.24. The normalized spacial score (nSPS) is 45.8. The fraction of sp³-hybridized carbons (Fsp3) is 1.00. The Bertz CT molecular complexity index is 125. The van der Waals surface area contributed by atoms with Crippen molar-refractivity contribution in [2.24, 2.45) is 5.92 Å². The fourth-order valence-electron chi connectivity index (χ4n) is 1.39. The van der Waals surface area contributed by atoms with Gasteiger partial charge in [-0.25, -0.2) is 0 Å². The van der Waals surface area contributed by atoms with Crippen LogP contribution in [0.1, 0.15) is 20.3 Å². The third-order valence-corrected chi connectivity index (χ3v) is 2.29. The van der Waals surface area contributed by atoms with Crippen LogP contribution in [0.4, 0.5) is 0 Å². The third-order valence-electron chi connectivity index (χ3n) is 2.29. The highest BCUT2D eigenvalue weighted by Crippen LogP contribution is 2.21. The Hall–Kier alpha value is -0.120. The molecule has 3 nitrogen and oxygen atoms in total. The molecular formula is C8H16O3. The zero-order chi connectivity index (χ0) is 8.43. The average Bonchev–Trinajstić information content (AvgIpc) is 2.01. The maximum absolute atomic E-state index is 9.43. The van der Waals surface area contributed by atoms with Crippen molar-refractivity contribution >= 4 is 0 Å². The highest BCUT2D eigenvalue weighted by molar-refractivity contribution is 4.83. The number of hydrogen-bond donors (Lipinski definition) is 2. The lowest BCUT2D eigenvalue weighted by Crippen LogP contribution is -2.48. The number of hydrogen-bond acceptors (Lipinski definition) is 3. The van der Waals surface area contributed by atoms with E-state index in [2.05, 4.69) is 0 Å². The maximum Gasteiger partial charge on any atom is 0.106 e. The topological polar surface area (TPSA) is 49.7 Å². The van der Waals surface area contributed by atoms with Crippen LogP contribution < -0.4 is 0 Å². The summed E-state index contributed by atoms with van der Waals surface area (Å²) in [5.41, 5.74) is 0. The number of ether oxygens (including phenoxy) is 1. The molecule has 1 heterocycles. The molecule has 0 bridgehead atoms. The maximum atomic E-state index is 9.43. The minimum absolute atomic E-state index is 0.0489. The van der Waals surface area contributed by atoms with Gasteiger partial charge in [0.15, 0.2) is 0 Å². The summed E-state index contributed by atoms with van der Waals surface area (Å²) in [6.45, 7) is 4.37. The van der Waals surface area contributed by atoms with Crippen molar-refractivity contribution in [2.45, 2.75) is 38.6 Å². The number of aliphatic hydroxyl groups excluding tert-OH is 2. The zero-order valence-corrected chi connectivity index (χ0v) is 7.03. The van der Waals surface area contributed by atoms with Crippen LogP contribution in [0.25, 0.3) is 0 Å². The molecule has 1 fully saturated rings. The van der Waals surface area contributed by atoms with Crippen LogP contribution in [0, 0.1) is 5.92 Å². The Balaban J connectivity index is 2.52. The van der Waals surface area contributed by atoms with E-state index in [0.29, 0.717) is 6.61 Å². The second-order valence-corrected chi connectivity index (χ2v) is 3.24. The van der Waals surface area contributed by atoms with Gasteiger partial charge in [-0.1, -0.05) is 13.8 Å². The van der Waals surface area contributed by atoms with E-state index in [1.54, 1.807) is 0 Å². The van der Waals surface area contributed by atoms with Crippen LogP contribution in [0.5, 0.6) is 0 Å². The summed E-state index contributed by atoms with van der Waals surface area (Å²) in [4.78, 5) is 0. The lowest BCUT2D eigenvalue weighted by Gasteiger charge is -2.35. The average molecular weight is 160 g/mol. The predicted molar refractivity (Wildman–Crippen MR) is 41.2 cm³/mol. The zero-order valence-electron chi connectivity index (χ0n) is 7.03. The molecule has 4 atom stereocenters. The molecule has 0 radical (unpaired) electrons. The van der Waals surface area contributed by atoms with E-state index in [1.165, 1.54) is 0 Å². The highest BCUT2D eigenvalue weighted by Gasteiger charge is 2.34. The molecule has 1 aliphatic heterocycles. The summed E-state index contributed by atoms with van der Waals surface area (Å²) < 4.78 is 5.31. The monoisotopic (exact) mass is 160 g/mol. The molecular weight excluding hydrogens is 144 g/mol. The van der Waals surface area contributed by atoms with Gasteiger partial charge in [-0.3, -0.25) is 0 Å². The van der Waals surface area contributed by atoms with Crippen molar-refractivity contribution in [1.82, 2.24) is 0 Å². The van der Waals surface area contributed by atoms with E-state index in [1.807, 2.05) is 13.8 Å². The summed E-state index contributed by atoms with van der Waals surface area (Å²) in [5, 5.41) is 18.9. The van der Waals surface area contributed by atoms with Gasteiger partial charge in [-0.2, -0.15) is 0 Å². The Morgan fingerprint density at radius 3 is 2.55 bits per heavy atom. The van der Waals surface area contributed by atoms with Gasteiger partial charge in [0.25, 0.3) is 0 Å². The number of rotatable bonds is 1. The lowest BCUT2D eigenvalue weighted by molar-refractivity contribution is -0.160. The molecule has 0 spiro atoms. The first kappa shape index (κ1) is 8.97. The molecule has 2 N–H and O–H groups in total. The van der Waals surface area contributed by atoms with Gasteiger partial charge in [0.05, 0.1) is 18.8 Å². The molecule has 0 aromatic heterocycles. The quantitative estimate of drug-likeness (QED) is 0.574. The van der Waals surface area contributed by atoms with Crippen molar-refractivity contribution in [3.8, 4) is 0 Å². The standard InChI is InChI=1S/C8H16O3/c1-3-6-8(10)7(9)5(2)4-11-6/h5-10H,3-4H2,1-2H3/t5?,6?,7-,8+/m1/s1. The van der Waals surface area contributed by atoms with Gasteiger partial charge >= 0.3 is 0 Å². The molecule has 1 saturated heterocycles. The first-order chi connectivity index (χ1) is 5.16. The van der Waals surface area contributed by atoms with Gasteiger partial charge < -0.3 is 14.9 Å². The van der Waals surface area contributed by atoms with Gasteiger partial charge in [-0.05, 0) is 6.42 Å². The van der Waals surface area contributed by atoms with Crippen molar-refractivity contribution < 1.29 is 14.9 Å². The first-order valence-electron chi connectivity index (χ1n) is 4.14. The van der Waals surface area contributed by atoms with Crippen LogP contribution in [0.2, 0.25) is 0 Å². The smallest absolute Gasteiger partial charge is 0.106 e. The minimum Gasteiger partial charge on any atom is -0.390 e. The van der Waals surface area contributed by atoms with E-state index in [4.69, 9.17) is 4.74 Å². The molecule has 1 aliphatic rings. The summed E-state index contributed by atoms with van der Waals surface area (Å²) in [6, 6.07) is 0. The second kappa shape index (κ2) is 3.52. The largest absolute Gasteiger partial charge is 0.390 e. The van der Waals surface area contributed by atoms with E-state index in [0.717, 1.165) is 6.42 Å². The molecule has 0 amide bonds. The molecule has 3 heteroatoms. The van der Waals surface area contributed by atoms with Crippen LogP contribution in [-0.2, 0) is 4.74 Å². The van der Waals surface area contributed by atoms with E-state index < -0.39 is 12.2 Å². The van der Waals surface area contributed by atoms with Crippen LogP contribution in [-0.4, -0.2) is 35.1 Å². The number of aliphatic hydroxyl groups is 2. The predicted octanol–water partition coefficient (Wildman–Crippen LogP) is 0.153. The molecule has 0 aliphatic carbocycles. The Morgan fingerprint density at radius 2 is 2.00 bits per heavy atom. The van der Waals surface area contributed by atoms with Crippen molar-refractivity contribution in [1.29, 1.82) is 0 Å². The molecule has 66 valence electrons. The van der Waals surface area contributed by atoms with Gasteiger partial charge in [-0.15, -0.1) is 0 Å². The van der Waals surface area contributed by atoms with Gasteiger partial charge in [0, 0.05) is 5.92 Å². The summed E-state index contributed by atoms with van der Waals surface area (Å²) in [7, 11) is 0. The highest BCUT2D eigenvalue weighted by atomic mass is 16.5. The van der Waals surface area contributed by atoms with Crippen molar-refractivity contribution in [3.63, 3.8) is 0 Å². The first-order valence-corrected chi connectivity index (χ1v) is 4.14. The van der Waals surface area contributed by atoms with Crippen LogP contribution in [0.15, 0.2) is 0 Å². The van der Waals surface area contributed by atoms with E-state index in [-0.39, 0.29) is 12.0 Å². The Morgan fingerprint density at radius 1 is 1.36 bits per heavy atom. The van der Waals surface area contributed by atoms with Gasteiger partial charge in [0.2, 0.25) is 0 Å². The minimum atomic E-state index is -0.705. The summed E-state index contributed by atoms with van der Waals surface area (Å²) in [6.07, 6.45) is -0.746. The third kappa shape index (κ3) is 1.72. The van der Waals surface area contributed by atoms with Crippen molar-refractivity contribution in [3.05, 3.63) is 0 Å². The Labute approximate surface area is 67.0 Å². The van der Waals surface area contributed by atoms with Crippen LogP contribution in [0.3, 0.4) is 0 Å². The van der Waals surface area contributed by atoms with Crippen LogP contribution >= 0.6 is 0 Å². The molecule has 0 saturated carbocycles.